The normalized spacial score (nSPS) is 14.5. The number of sulfone groups is 1. The summed E-state index contributed by atoms with van der Waals surface area (Å²) in [6.45, 7) is 5.86. The van der Waals surface area contributed by atoms with Crippen molar-refractivity contribution in [2.75, 3.05) is 19.3 Å². The molecular formula is C19H25NO3S. The third kappa shape index (κ3) is 4.90. The zero-order valence-electron chi connectivity index (χ0n) is 14.4. The molecule has 2 aromatic carbocycles. The zero-order chi connectivity index (χ0) is 17.8. The first-order valence-electron chi connectivity index (χ1n) is 8.01. The number of hydrogen-bond donors (Lipinski definition) is 1. The lowest BCUT2D eigenvalue weighted by Gasteiger charge is -2.31. The summed E-state index contributed by atoms with van der Waals surface area (Å²) in [7, 11) is -3.23. The molecular weight excluding hydrogens is 322 g/mol. The molecule has 0 amide bonds. The smallest absolute Gasteiger partial charge is 0.175 e. The highest BCUT2D eigenvalue weighted by Crippen LogP contribution is 2.24. The molecule has 1 N–H and O–H groups in total. The maximum absolute atomic E-state index is 11.6. The minimum Gasteiger partial charge on any atom is -0.384 e. The quantitative estimate of drug-likeness (QED) is 0.837. The molecule has 0 heterocycles. The minimum absolute atomic E-state index is 0.263. The highest BCUT2D eigenvalue weighted by Gasteiger charge is 2.26. The van der Waals surface area contributed by atoms with Crippen LogP contribution in [0.25, 0.3) is 0 Å². The van der Waals surface area contributed by atoms with E-state index in [-0.39, 0.29) is 4.90 Å². The van der Waals surface area contributed by atoms with Crippen LogP contribution in [0.1, 0.15) is 25.0 Å². The second-order valence-corrected chi connectivity index (χ2v) is 8.38. The lowest BCUT2D eigenvalue weighted by molar-refractivity contribution is 0.0148. The van der Waals surface area contributed by atoms with Gasteiger partial charge in [0.25, 0.3) is 0 Å². The molecule has 24 heavy (non-hydrogen) atoms. The van der Waals surface area contributed by atoms with Gasteiger partial charge in [0.15, 0.2) is 9.84 Å². The lowest BCUT2D eigenvalue weighted by Crippen LogP contribution is -2.38. The van der Waals surface area contributed by atoms with Crippen LogP contribution in [-0.4, -0.2) is 37.8 Å². The van der Waals surface area contributed by atoms with Crippen LogP contribution in [0.5, 0.6) is 0 Å². The summed E-state index contributed by atoms with van der Waals surface area (Å²) in [4.78, 5) is 2.43. The summed E-state index contributed by atoms with van der Waals surface area (Å²) >= 11 is 0. The van der Waals surface area contributed by atoms with Crippen molar-refractivity contribution in [3.8, 4) is 0 Å². The molecule has 1 unspecified atom stereocenters. The van der Waals surface area contributed by atoms with Crippen LogP contribution >= 0.6 is 0 Å². The summed E-state index contributed by atoms with van der Waals surface area (Å²) in [5.74, 6) is 0. The van der Waals surface area contributed by atoms with Gasteiger partial charge >= 0.3 is 0 Å². The van der Waals surface area contributed by atoms with Crippen LogP contribution in [0, 0.1) is 0 Å². The predicted molar refractivity (Wildman–Crippen MR) is 96.5 cm³/mol. The van der Waals surface area contributed by atoms with Crippen molar-refractivity contribution < 1.29 is 13.5 Å². The van der Waals surface area contributed by atoms with Crippen molar-refractivity contribution >= 4 is 9.84 Å². The van der Waals surface area contributed by atoms with Gasteiger partial charge in [-0.1, -0.05) is 49.4 Å². The Morgan fingerprint density at radius 3 is 2.12 bits per heavy atom. The molecule has 0 fully saturated rings. The summed E-state index contributed by atoms with van der Waals surface area (Å²) < 4.78 is 23.1. The molecule has 0 aliphatic rings. The van der Waals surface area contributed by atoms with Gasteiger partial charge < -0.3 is 5.11 Å². The van der Waals surface area contributed by atoms with Crippen molar-refractivity contribution in [1.82, 2.24) is 4.90 Å². The first-order chi connectivity index (χ1) is 11.2. The van der Waals surface area contributed by atoms with Crippen molar-refractivity contribution in [2.24, 2.45) is 0 Å². The van der Waals surface area contributed by atoms with Gasteiger partial charge in [-0.3, -0.25) is 4.90 Å². The average molecular weight is 347 g/mol. The molecule has 5 heteroatoms. The molecule has 0 saturated carbocycles. The highest BCUT2D eigenvalue weighted by atomic mass is 32.2. The highest BCUT2D eigenvalue weighted by molar-refractivity contribution is 7.90. The van der Waals surface area contributed by atoms with E-state index in [9.17, 15) is 13.5 Å². The second-order valence-electron chi connectivity index (χ2n) is 6.36. The third-order valence-electron chi connectivity index (χ3n) is 4.13. The van der Waals surface area contributed by atoms with Crippen LogP contribution < -0.4 is 0 Å². The van der Waals surface area contributed by atoms with Gasteiger partial charge in [0, 0.05) is 19.3 Å². The predicted octanol–water partition coefficient (Wildman–Crippen LogP) is 2.82. The molecule has 0 aliphatic heterocycles. The number of rotatable bonds is 7. The van der Waals surface area contributed by atoms with Crippen molar-refractivity contribution in [3.63, 3.8) is 0 Å². The van der Waals surface area contributed by atoms with Crippen LogP contribution in [0.2, 0.25) is 0 Å². The van der Waals surface area contributed by atoms with E-state index in [2.05, 4.69) is 24.0 Å². The number of likely N-dealkylation sites (N-methyl/N-ethyl adjacent to an activating group) is 1. The minimum atomic E-state index is -3.23. The van der Waals surface area contributed by atoms with Crippen molar-refractivity contribution in [3.05, 3.63) is 65.7 Å². The summed E-state index contributed by atoms with van der Waals surface area (Å²) in [5.41, 5.74) is 0.852. The van der Waals surface area contributed by atoms with Gasteiger partial charge in [0.1, 0.15) is 0 Å². The fraction of sp³-hybridized carbons (Fsp3) is 0.368. The van der Waals surface area contributed by atoms with E-state index in [4.69, 9.17) is 0 Å². The van der Waals surface area contributed by atoms with Gasteiger partial charge in [-0.25, -0.2) is 8.42 Å². The van der Waals surface area contributed by atoms with Crippen molar-refractivity contribution in [1.29, 1.82) is 0 Å². The monoisotopic (exact) mass is 347 g/mol. The van der Waals surface area contributed by atoms with Gasteiger partial charge in [0.2, 0.25) is 0 Å². The Hall–Kier alpha value is -1.69. The molecule has 1 atom stereocenters. The van der Waals surface area contributed by atoms with Gasteiger partial charge in [-0.05, 0) is 36.7 Å². The van der Waals surface area contributed by atoms with Gasteiger partial charge in [0.05, 0.1) is 10.5 Å². The molecule has 2 rings (SSSR count). The molecule has 0 spiro atoms. The number of hydrogen-bond acceptors (Lipinski definition) is 4. The Morgan fingerprint density at radius 1 is 1.04 bits per heavy atom. The molecule has 0 aromatic heterocycles. The SMILES string of the molecule is CCN(Cc1ccccc1)CC(C)(O)c1ccc(S(C)(=O)=O)cc1. The number of aliphatic hydroxyl groups is 1. The Kier molecular flexibility index (Phi) is 5.80. The Bertz CT molecular complexity index is 753. The number of nitrogens with zero attached hydrogens (tertiary/aromatic N) is 1. The van der Waals surface area contributed by atoms with E-state index in [0.717, 1.165) is 13.1 Å². The first-order valence-corrected chi connectivity index (χ1v) is 9.91. The molecule has 130 valence electrons. The van der Waals surface area contributed by atoms with E-state index in [1.54, 1.807) is 31.2 Å². The maximum Gasteiger partial charge on any atom is 0.175 e. The fourth-order valence-electron chi connectivity index (χ4n) is 2.71. The summed E-state index contributed by atoms with van der Waals surface area (Å²) in [5, 5.41) is 10.9. The largest absolute Gasteiger partial charge is 0.384 e. The van der Waals surface area contributed by atoms with Gasteiger partial charge in [-0.2, -0.15) is 0 Å². The molecule has 0 saturated heterocycles. The zero-order valence-corrected chi connectivity index (χ0v) is 15.3. The van der Waals surface area contributed by atoms with Crippen LogP contribution in [0.4, 0.5) is 0 Å². The van der Waals surface area contributed by atoms with E-state index >= 15 is 0 Å². The van der Waals surface area contributed by atoms with E-state index in [0.29, 0.717) is 12.1 Å². The van der Waals surface area contributed by atoms with Gasteiger partial charge in [-0.15, -0.1) is 0 Å². The Balaban J connectivity index is 2.13. The molecule has 0 aliphatic carbocycles. The Labute approximate surface area is 144 Å². The van der Waals surface area contributed by atoms with Crippen LogP contribution in [0.3, 0.4) is 0 Å². The van der Waals surface area contributed by atoms with E-state index in [1.165, 1.54) is 11.8 Å². The Morgan fingerprint density at radius 2 is 1.62 bits per heavy atom. The second kappa shape index (κ2) is 7.47. The number of benzene rings is 2. The van der Waals surface area contributed by atoms with E-state index < -0.39 is 15.4 Å². The van der Waals surface area contributed by atoms with Crippen LogP contribution in [-0.2, 0) is 22.0 Å². The van der Waals surface area contributed by atoms with Crippen LogP contribution in [0.15, 0.2) is 59.5 Å². The fourth-order valence-corrected chi connectivity index (χ4v) is 3.34. The average Bonchev–Trinajstić information content (AvgIpc) is 2.54. The molecule has 4 nitrogen and oxygen atoms in total. The van der Waals surface area contributed by atoms with E-state index in [1.807, 2.05) is 18.2 Å². The standard InChI is InChI=1S/C19H25NO3S/c1-4-20(14-16-8-6-5-7-9-16)15-19(2,21)17-10-12-18(13-11-17)24(3,22)23/h5-13,21H,4,14-15H2,1-3H3. The summed E-state index contributed by atoms with van der Waals surface area (Å²) in [6, 6.07) is 16.6. The maximum atomic E-state index is 11.6. The van der Waals surface area contributed by atoms with Crippen molar-refractivity contribution in [2.45, 2.75) is 30.9 Å². The third-order valence-corrected chi connectivity index (χ3v) is 5.26. The molecule has 0 bridgehead atoms. The topological polar surface area (TPSA) is 57.6 Å². The summed E-state index contributed by atoms with van der Waals surface area (Å²) in [6.07, 6.45) is 1.18. The lowest BCUT2D eigenvalue weighted by atomic mass is 9.95. The molecule has 0 radical (unpaired) electrons. The molecule has 2 aromatic rings. The first kappa shape index (κ1) is 18.6.